The first-order chi connectivity index (χ1) is 7.52. The van der Waals surface area contributed by atoms with Crippen LogP contribution in [0.4, 0.5) is 0 Å². The summed E-state index contributed by atoms with van der Waals surface area (Å²) in [5.74, 6) is 1.98. The van der Waals surface area contributed by atoms with Crippen molar-refractivity contribution in [1.82, 2.24) is 10.1 Å². The van der Waals surface area contributed by atoms with Gasteiger partial charge in [0.25, 0.3) is 0 Å². The summed E-state index contributed by atoms with van der Waals surface area (Å²) in [6.45, 7) is 8.17. The maximum Gasteiger partial charge on any atom is 0.234 e. The molecule has 0 radical (unpaired) electrons. The maximum absolute atomic E-state index is 11.5. The van der Waals surface area contributed by atoms with Crippen molar-refractivity contribution in [2.75, 3.05) is 0 Å². The number of aromatic nitrogens is 2. The van der Waals surface area contributed by atoms with Crippen LogP contribution in [0, 0.1) is 5.92 Å². The number of carbonyl (C=O) groups excluding carboxylic acids is 1. The van der Waals surface area contributed by atoms with E-state index < -0.39 is 0 Å². The first-order valence-corrected chi connectivity index (χ1v) is 5.87. The minimum atomic E-state index is 0.161. The van der Waals surface area contributed by atoms with Crippen LogP contribution in [0.2, 0.25) is 0 Å². The van der Waals surface area contributed by atoms with Gasteiger partial charge in [-0.3, -0.25) is 4.79 Å². The van der Waals surface area contributed by atoms with Crippen LogP contribution in [0.1, 0.15) is 58.2 Å². The van der Waals surface area contributed by atoms with Crippen molar-refractivity contribution in [3.63, 3.8) is 0 Å². The number of nitrogens with zero attached hydrogens (tertiary/aromatic N) is 2. The Morgan fingerprint density at radius 1 is 1.38 bits per heavy atom. The first-order valence-electron chi connectivity index (χ1n) is 5.87. The molecule has 4 nitrogen and oxygen atoms in total. The summed E-state index contributed by atoms with van der Waals surface area (Å²) in [6.07, 6.45) is 1.81. The van der Waals surface area contributed by atoms with E-state index in [0.717, 1.165) is 6.42 Å². The first kappa shape index (κ1) is 12.9. The number of rotatable bonds is 6. The molecule has 1 aromatic rings. The average Bonchev–Trinajstić information content (AvgIpc) is 2.63. The monoisotopic (exact) mass is 224 g/mol. The zero-order valence-corrected chi connectivity index (χ0v) is 10.5. The molecule has 90 valence electrons. The lowest BCUT2D eigenvalue weighted by Gasteiger charge is -2.00. The Morgan fingerprint density at radius 2 is 2.06 bits per heavy atom. The third-order valence-electron chi connectivity index (χ3n) is 2.52. The van der Waals surface area contributed by atoms with Crippen LogP contribution in [0.3, 0.4) is 0 Å². The van der Waals surface area contributed by atoms with Gasteiger partial charge in [0, 0.05) is 12.3 Å². The maximum atomic E-state index is 11.5. The number of carbonyl (C=O) groups is 1. The molecule has 0 aliphatic heterocycles. The predicted octanol–water partition coefficient (Wildman–Crippen LogP) is 2.74. The molecular weight excluding hydrogens is 204 g/mol. The zero-order chi connectivity index (χ0) is 12.1. The molecule has 4 heteroatoms. The second-order valence-corrected chi connectivity index (χ2v) is 4.67. The van der Waals surface area contributed by atoms with Crippen molar-refractivity contribution in [2.24, 2.45) is 5.92 Å². The van der Waals surface area contributed by atoms with E-state index in [0.29, 0.717) is 24.1 Å². The summed E-state index contributed by atoms with van der Waals surface area (Å²) in [4.78, 5) is 15.8. The van der Waals surface area contributed by atoms with Crippen molar-refractivity contribution in [3.05, 3.63) is 11.7 Å². The van der Waals surface area contributed by atoms with Crippen LogP contribution in [-0.4, -0.2) is 15.9 Å². The zero-order valence-electron chi connectivity index (χ0n) is 10.5. The van der Waals surface area contributed by atoms with E-state index in [-0.39, 0.29) is 18.1 Å². The lowest BCUT2D eigenvalue weighted by atomic mass is 10.1. The molecule has 0 fully saturated rings. The van der Waals surface area contributed by atoms with Gasteiger partial charge in [-0.05, 0) is 12.3 Å². The molecule has 0 spiro atoms. The molecule has 16 heavy (non-hydrogen) atoms. The van der Waals surface area contributed by atoms with E-state index in [2.05, 4.69) is 17.1 Å². The lowest BCUT2D eigenvalue weighted by Crippen LogP contribution is -2.06. The van der Waals surface area contributed by atoms with Gasteiger partial charge in [0.05, 0.1) is 6.42 Å². The highest BCUT2D eigenvalue weighted by molar-refractivity contribution is 5.80. The number of hydrogen-bond donors (Lipinski definition) is 0. The molecule has 0 saturated heterocycles. The molecule has 0 aliphatic rings. The van der Waals surface area contributed by atoms with Gasteiger partial charge in [0.1, 0.15) is 5.78 Å². The van der Waals surface area contributed by atoms with E-state index >= 15 is 0 Å². The largest absolute Gasteiger partial charge is 0.339 e. The van der Waals surface area contributed by atoms with Gasteiger partial charge in [-0.15, -0.1) is 0 Å². The van der Waals surface area contributed by atoms with Crippen molar-refractivity contribution >= 4 is 5.78 Å². The van der Waals surface area contributed by atoms with E-state index in [4.69, 9.17) is 4.52 Å². The average molecular weight is 224 g/mol. The second-order valence-electron chi connectivity index (χ2n) is 4.67. The highest BCUT2D eigenvalue weighted by Gasteiger charge is 2.15. The summed E-state index contributed by atoms with van der Waals surface area (Å²) >= 11 is 0. The van der Waals surface area contributed by atoms with Gasteiger partial charge < -0.3 is 4.52 Å². The highest BCUT2D eigenvalue weighted by Crippen LogP contribution is 2.15. The molecule has 0 aromatic carbocycles. The Kier molecular flexibility index (Phi) is 4.65. The van der Waals surface area contributed by atoms with Crippen molar-refractivity contribution in [2.45, 2.75) is 52.9 Å². The molecule has 1 atom stereocenters. The van der Waals surface area contributed by atoms with Crippen LogP contribution in [0.5, 0.6) is 0 Å². The van der Waals surface area contributed by atoms with Gasteiger partial charge in [0.2, 0.25) is 5.89 Å². The molecule has 1 aromatic heterocycles. The van der Waals surface area contributed by atoms with Crippen LogP contribution < -0.4 is 0 Å². The SMILES string of the molecule is CCC(C)c1noc(CC(=O)CC(C)C)n1. The Labute approximate surface area is 96.4 Å². The standard InChI is InChI=1S/C12H20N2O2/c1-5-9(4)12-13-11(16-14-12)7-10(15)6-8(2)3/h8-9H,5-7H2,1-4H3. The fourth-order valence-corrected chi connectivity index (χ4v) is 1.42. The summed E-state index contributed by atoms with van der Waals surface area (Å²) in [6, 6.07) is 0. The minimum absolute atomic E-state index is 0.161. The van der Waals surface area contributed by atoms with Crippen molar-refractivity contribution in [1.29, 1.82) is 0 Å². The Hall–Kier alpha value is -1.19. The number of Topliss-reactive ketones (excluding diaryl/α,β-unsaturated/α-hetero) is 1. The Balaban J connectivity index is 2.55. The van der Waals surface area contributed by atoms with Gasteiger partial charge in [0.15, 0.2) is 5.82 Å². The van der Waals surface area contributed by atoms with E-state index in [1.807, 2.05) is 20.8 Å². The third-order valence-corrected chi connectivity index (χ3v) is 2.52. The molecule has 0 bridgehead atoms. The smallest absolute Gasteiger partial charge is 0.234 e. The van der Waals surface area contributed by atoms with E-state index in [1.165, 1.54) is 0 Å². The van der Waals surface area contributed by atoms with Crippen molar-refractivity contribution in [3.8, 4) is 0 Å². The Morgan fingerprint density at radius 3 is 2.62 bits per heavy atom. The molecular formula is C12H20N2O2. The van der Waals surface area contributed by atoms with Crippen LogP contribution in [0.25, 0.3) is 0 Å². The van der Waals surface area contributed by atoms with Gasteiger partial charge >= 0.3 is 0 Å². The fraction of sp³-hybridized carbons (Fsp3) is 0.750. The molecule has 0 amide bonds. The Bertz CT molecular complexity index is 345. The second kappa shape index (κ2) is 5.77. The predicted molar refractivity (Wildman–Crippen MR) is 61.2 cm³/mol. The van der Waals surface area contributed by atoms with Gasteiger partial charge in [-0.1, -0.05) is 32.9 Å². The van der Waals surface area contributed by atoms with Crippen molar-refractivity contribution < 1.29 is 9.32 Å². The summed E-state index contributed by atoms with van der Waals surface area (Å²) < 4.78 is 5.06. The van der Waals surface area contributed by atoms with Crippen LogP contribution >= 0.6 is 0 Å². The van der Waals surface area contributed by atoms with Gasteiger partial charge in [-0.25, -0.2) is 0 Å². The highest BCUT2D eigenvalue weighted by atomic mass is 16.5. The topological polar surface area (TPSA) is 56.0 Å². The number of hydrogen-bond acceptors (Lipinski definition) is 4. The lowest BCUT2D eigenvalue weighted by molar-refractivity contribution is -0.119. The molecule has 1 rings (SSSR count). The third kappa shape index (κ3) is 3.76. The molecule has 0 aliphatic carbocycles. The molecule has 1 heterocycles. The quantitative estimate of drug-likeness (QED) is 0.745. The minimum Gasteiger partial charge on any atom is -0.339 e. The summed E-state index contributed by atoms with van der Waals surface area (Å²) in [7, 11) is 0. The normalized spacial score (nSPS) is 13.1. The number of ketones is 1. The van der Waals surface area contributed by atoms with Crippen LogP contribution in [0.15, 0.2) is 4.52 Å². The molecule has 0 N–H and O–H groups in total. The summed E-state index contributed by atoms with van der Waals surface area (Å²) in [5, 5.41) is 3.88. The van der Waals surface area contributed by atoms with Crippen LogP contribution in [-0.2, 0) is 11.2 Å². The van der Waals surface area contributed by atoms with E-state index in [1.54, 1.807) is 0 Å². The molecule has 1 unspecified atom stereocenters. The fourth-order valence-electron chi connectivity index (χ4n) is 1.42. The van der Waals surface area contributed by atoms with E-state index in [9.17, 15) is 4.79 Å². The summed E-state index contributed by atoms with van der Waals surface area (Å²) in [5.41, 5.74) is 0. The molecule has 0 saturated carbocycles. The van der Waals surface area contributed by atoms with Gasteiger partial charge in [-0.2, -0.15) is 4.98 Å².